The smallest absolute Gasteiger partial charge is 0.254 e. The topological polar surface area (TPSA) is 66.6 Å². The first kappa shape index (κ1) is 14.5. The summed E-state index contributed by atoms with van der Waals surface area (Å²) in [5, 5.41) is 9.36. The molecule has 0 bridgehead atoms. The number of hydrogen-bond donors (Lipinski definition) is 2. The minimum Gasteiger partial charge on any atom is -0.508 e. The number of rotatable bonds is 6. The van der Waals surface area contributed by atoms with Crippen molar-refractivity contribution in [3.63, 3.8) is 0 Å². The number of nitrogens with zero attached hydrogens (tertiary/aromatic N) is 1. The highest BCUT2D eigenvalue weighted by Crippen LogP contribution is 2.17. The van der Waals surface area contributed by atoms with Crippen molar-refractivity contribution in [2.24, 2.45) is 5.73 Å². The highest BCUT2D eigenvalue weighted by atomic mass is 16.3. The SMILES string of the molecule is CCCCN(CCN)C(=O)c1ccc(O)cc1C. The first-order valence-corrected chi connectivity index (χ1v) is 6.39. The molecule has 18 heavy (non-hydrogen) atoms. The van der Waals surface area contributed by atoms with Gasteiger partial charge >= 0.3 is 0 Å². The quantitative estimate of drug-likeness (QED) is 0.810. The molecule has 0 aliphatic heterocycles. The largest absolute Gasteiger partial charge is 0.508 e. The summed E-state index contributed by atoms with van der Waals surface area (Å²) in [7, 11) is 0. The molecule has 0 saturated carbocycles. The van der Waals surface area contributed by atoms with E-state index in [-0.39, 0.29) is 11.7 Å². The minimum absolute atomic E-state index is 0.00796. The maximum absolute atomic E-state index is 12.4. The van der Waals surface area contributed by atoms with Gasteiger partial charge in [-0.3, -0.25) is 4.79 Å². The number of phenols is 1. The van der Waals surface area contributed by atoms with Crippen LogP contribution in [-0.2, 0) is 0 Å². The summed E-state index contributed by atoms with van der Waals surface area (Å²) in [4.78, 5) is 14.1. The van der Waals surface area contributed by atoms with Crippen molar-refractivity contribution in [1.82, 2.24) is 4.90 Å². The molecule has 1 rings (SSSR count). The van der Waals surface area contributed by atoms with Gasteiger partial charge in [-0.1, -0.05) is 13.3 Å². The van der Waals surface area contributed by atoms with Crippen LogP contribution in [0.2, 0.25) is 0 Å². The number of aromatic hydroxyl groups is 1. The predicted molar refractivity (Wildman–Crippen MR) is 72.7 cm³/mol. The van der Waals surface area contributed by atoms with Crippen LogP contribution in [0.25, 0.3) is 0 Å². The molecule has 0 saturated heterocycles. The Morgan fingerprint density at radius 3 is 2.67 bits per heavy atom. The normalized spacial score (nSPS) is 10.4. The summed E-state index contributed by atoms with van der Waals surface area (Å²) in [6, 6.07) is 4.82. The lowest BCUT2D eigenvalue weighted by atomic mass is 10.1. The number of hydrogen-bond acceptors (Lipinski definition) is 3. The lowest BCUT2D eigenvalue weighted by Gasteiger charge is -2.22. The fourth-order valence-electron chi connectivity index (χ4n) is 1.88. The first-order valence-electron chi connectivity index (χ1n) is 6.39. The van der Waals surface area contributed by atoms with Gasteiger partial charge in [0.15, 0.2) is 0 Å². The number of nitrogens with two attached hydrogens (primary N) is 1. The van der Waals surface area contributed by atoms with Crippen LogP contribution in [0.5, 0.6) is 5.75 Å². The number of carbonyl (C=O) groups is 1. The summed E-state index contributed by atoms with van der Waals surface area (Å²) in [6.45, 7) is 5.68. The Labute approximate surface area is 108 Å². The highest BCUT2D eigenvalue weighted by Gasteiger charge is 2.16. The summed E-state index contributed by atoms with van der Waals surface area (Å²) in [5.41, 5.74) is 6.97. The summed E-state index contributed by atoms with van der Waals surface area (Å²) < 4.78 is 0. The number of benzene rings is 1. The molecule has 0 fully saturated rings. The monoisotopic (exact) mass is 250 g/mol. The lowest BCUT2D eigenvalue weighted by Crippen LogP contribution is -2.36. The van der Waals surface area contributed by atoms with Crippen LogP contribution in [0.3, 0.4) is 0 Å². The van der Waals surface area contributed by atoms with Gasteiger partial charge in [-0.05, 0) is 37.1 Å². The Balaban J connectivity index is 2.87. The third kappa shape index (κ3) is 3.74. The molecule has 1 aromatic carbocycles. The van der Waals surface area contributed by atoms with Crippen molar-refractivity contribution in [2.75, 3.05) is 19.6 Å². The van der Waals surface area contributed by atoms with Crippen molar-refractivity contribution < 1.29 is 9.90 Å². The maximum Gasteiger partial charge on any atom is 0.254 e. The van der Waals surface area contributed by atoms with Crippen LogP contribution in [0.15, 0.2) is 18.2 Å². The van der Waals surface area contributed by atoms with E-state index in [0.717, 1.165) is 24.9 Å². The second kappa shape index (κ2) is 7.01. The molecule has 100 valence electrons. The number of amides is 1. The lowest BCUT2D eigenvalue weighted by molar-refractivity contribution is 0.0757. The van der Waals surface area contributed by atoms with Crippen molar-refractivity contribution in [3.05, 3.63) is 29.3 Å². The maximum atomic E-state index is 12.4. The average molecular weight is 250 g/mol. The number of carbonyl (C=O) groups excluding carboxylic acids is 1. The van der Waals surface area contributed by atoms with Gasteiger partial charge in [0.1, 0.15) is 5.75 Å². The molecule has 0 spiro atoms. The van der Waals surface area contributed by atoms with Crippen LogP contribution < -0.4 is 5.73 Å². The molecule has 0 atom stereocenters. The summed E-state index contributed by atoms with van der Waals surface area (Å²) in [6.07, 6.45) is 2.02. The molecule has 4 nitrogen and oxygen atoms in total. The van der Waals surface area contributed by atoms with E-state index in [9.17, 15) is 9.90 Å². The third-order valence-electron chi connectivity index (χ3n) is 2.91. The highest BCUT2D eigenvalue weighted by molar-refractivity contribution is 5.95. The Morgan fingerprint density at radius 1 is 1.39 bits per heavy atom. The van der Waals surface area contributed by atoms with Gasteiger partial charge in [0.2, 0.25) is 0 Å². The van der Waals surface area contributed by atoms with Crippen LogP contribution in [0.1, 0.15) is 35.7 Å². The van der Waals surface area contributed by atoms with E-state index in [1.165, 1.54) is 0 Å². The van der Waals surface area contributed by atoms with Gasteiger partial charge in [-0.15, -0.1) is 0 Å². The zero-order valence-corrected chi connectivity index (χ0v) is 11.1. The van der Waals surface area contributed by atoms with E-state index >= 15 is 0 Å². The van der Waals surface area contributed by atoms with E-state index in [1.54, 1.807) is 23.1 Å². The van der Waals surface area contributed by atoms with Crippen molar-refractivity contribution in [3.8, 4) is 5.75 Å². The molecule has 1 aromatic rings. The molecule has 0 unspecified atom stereocenters. The predicted octanol–water partition coefficient (Wildman–Crippen LogP) is 1.90. The number of phenolic OH excluding ortho intramolecular Hbond substituents is 1. The standard InChI is InChI=1S/C14H22N2O2/c1-3-4-8-16(9-7-15)14(18)13-6-5-12(17)10-11(13)2/h5-6,10,17H,3-4,7-9,15H2,1-2H3. The average Bonchev–Trinajstić information content (AvgIpc) is 2.33. The van der Waals surface area contributed by atoms with E-state index < -0.39 is 0 Å². The molecule has 1 amide bonds. The van der Waals surface area contributed by atoms with Crippen LogP contribution in [-0.4, -0.2) is 35.5 Å². The molecule has 0 aromatic heterocycles. The zero-order valence-electron chi connectivity index (χ0n) is 11.1. The fourth-order valence-corrected chi connectivity index (χ4v) is 1.88. The molecule has 0 heterocycles. The van der Waals surface area contributed by atoms with Crippen LogP contribution in [0, 0.1) is 6.92 Å². The van der Waals surface area contributed by atoms with E-state index in [2.05, 4.69) is 6.92 Å². The molecule has 0 radical (unpaired) electrons. The van der Waals surface area contributed by atoms with Gasteiger partial charge < -0.3 is 15.7 Å². The second-order valence-electron chi connectivity index (χ2n) is 4.43. The Morgan fingerprint density at radius 2 is 2.11 bits per heavy atom. The van der Waals surface area contributed by atoms with Crippen LogP contribution >= 0.6 is 0 Å². The molecular weight excluding hydrogens is 228 g/mol. The van der Waals surface area contributed by atoms with Gasteiger partial charge in [0.05, 0.1) is 0 Å². The Kier molecular flexibility index (Phi) is 5.65. The zero-order chi connectivity index (χ0) is 13.5. The molecule has 3 N–H and O–H groups in total. The Hall–Kier alpha value is -1.55. The van der Waals surface area contributed by atoms with E-state index in [1.807, 2.05) is 6.92 Å². The summed E-state index contributed by atoms with van der Waals surface area (Å²) in [5.74, 6) is 0.175. The van der Waals surface area contributed by atoms with Gasteiger partial charge in [-0.2, -0.15) is 0 Å². The Bertz CT molecular complexity index is 405. The number of aryl methyl sites for hydroxylation is 1. The molecule has 0 aliphatic rings. The van der Waals surface area contributed by atoms with Crippen molar-refractivity contribution in [2.45, 2.75) is 26.7 Å². The second-order valence-corrected chi connectivity index (χ2v) is 4.43. The minimum atomic E-state index is -0.00796. The molecule has 4 heteroatoms. The molecular formula is C14H22N2O2. The van der Waals surface area contributed by atoms with Gasteiger partial charge in [-0.25, -0.2) is 0 Å². The fraction of sp³-hybridized carbons (Fsp3) is 0.500. The van der Waals surface area contributed by atoms with Crippen molar-refractivity contribution >= 4 is 5.91 Å². The van der Waals surface area contributed by atoms with Gasteiger partial charge in [0, 0.05) is 25.2 Å². The van der Waals surface area contributed by atoms with E-state index in [4.69, 9.17) is 5.73 Å². The van der Waals surface area contributed by atoms with Crippen LogP contribution in [0.4, 0.5) is 0 Å². The summed E-state index contributed by atoms with van der Waals surface area (Å²) >= 11 is 0. The number of unbranched alkanes of at least 4 members (excludes halogenated alkanes) is 1. The van der Waals surface area contributed by atoms with Crippen molar-refractivity contribution in [1.29, 1.82) is 0 Å². The van der Waals surface area contributed by atoms with Gasteiger partial charge in [0.25, 0.3) is 5.91 Å². The molecule has 0 aliphatic carbocycles. The van der Waals surface area contributed by atoms with E-state index in [0.29, 0.717) is 18.7 Å². The third-order valence-corrected chi connectivity index (χ3v) is 2.91. The first-order chi connectivity index (χ1) is 8.60.